The standard InChI is InChI=1S/C13H19NO/c1-4-9-6-5-7-10-11(14)8-13(2,3)15-12(9)10/h5-7,11H,4,8,14H2,1-3H3. The van der Waals surface area contributed by atoms with Crippen molar-refractivity contribution in [3.63, 3.8) is 0 Å². The van der Waals surface area contributed by atoms with Crippen molar-refractivity contribution in [3.05, 3.63) is 29.3 Å². The number of hydrogen-bond donors (Lipinski definition) is 1. The fourth-order valence-corrected chi connectivity index (χ4v) is 2.26. The average molecular weight is 205 g/mol. The summed E-state index contributed by atoms with van der Waals surface area (Å²) in [5.41, 5.74) is 8.45. The minimum atomic E-state index is -0.141. The molecule has 0 amide bonds. The Morgan fingerprint density at radius 2 is 2.20 bits per heavy atom. The first kappa shape index (κ1) is 10.5. The number of aryl methyl sites for hydroxylation is 1. The van der Waals surface area contributed by atoms with E-state index in [1.54, 1.807) is 0 Å². The van der Waals surface area contributed by atoms with E-state index in [0.717, 1.165) is 24.2 Å². The highest BCUT2D eigenvalue weighted by molar-refractivity contribution is 5.45. The van der Waals surface area contributed by atoms with Gasteiger partial charge in [0.15, 0.2) is 0 Å². The molecule has 1 aliphatic heterocycles. The molecule has 2 heteroatoms. The third-order valence-corrected chi connectivity index (χ3v) is 3.00. The Hall–Kier alpha value is -1.02. The minimum Gasteiger partial charge on any atom is -0.487 e. The Bertz CT molecular complexity index is 371. The molecular weight excluding hydrogens is 186 g/mol. The van der Waals surface area contributed by atoms with Crippen LogP contribution in [0.15, 0.2) is 18.2 Å². The monoisotopic (exact) mass is 205 g/mol. The van der Waals surface area contributed by atoms with Gasteiger partial charge in [0.05, 0.1) is 0 Å². The quantitative estimate of drug-likeness (QED) is 0.765. The van der Waals surface area contributed by atoms with Gasteiger partial charge in [-0.2, -0.15) is 0 Å². The molecule has 15 heavy (non-hydrogen) atoms. The number of benzene rings is 1. The van der Waals surface area contributed by atoms with Crippen LogP contribution in [0.1, 0.15) is 44.4 Å². The maximum atomic E-state index is 6.17. The zero-order valence-electron chi connectivity index (χ0n) is 9.71. The molecule has 0 fully saturated rings. The van der Waals surface area contributed by atoms with Crippen LogP contribution in [0.5, 0.6) is 5.75 Å². The highest BCUT2D eigenvalue weighted by Crippen LogP contribution is 2.40. The van der Waals surface area contributed by atoms with Crippen LogP contribution < -0.4 is 10.5 Å². The molecule has 0 aromatic heterocycles. The van der Waals surface area contributed by atoms with E-state index in [9.17, 15) is 0 Å². The summed E-state index contributed by atoms with van der Waals surface area (Å²) in [6.45, 7) is 6.34. The summed E-state index contributed by atoms with van der Waals surface area (Å²) in [6.07, 6.45) is 1.87. The van der Waals surface area contributed by atoms with Gasteiger partial charge >= 0.3 is 0 Å². The topological polar surface area (TPSA) is 35.2 Å². The van der Waals surface area contributed by atoms with Gasteiger partial charge < -0.3 is 10.5 Å². The molecule has 1 aliphatic rings. The van der Waals surface area contributed by atoms with E-state index in [1.165, 1.54) is 5.56 Å². The first-order chi connectivity index (χ1) is 7.03. The number of ether oxygens (including phenoxy) is 1. The molecule has 1 aromatic carbocycles. The van der Waals surface area contributed by atoms with Crippen LogP contribution >= 0.6 is 0 Å². The normalized spacial score (nSPS) is 23.1. The largest absolute Gasteiger partial charge is 0.487 e. The van der Waals surface area contributed by atoms with E-state index < -0.39 is 0 Å². The van der Waals surface area contributed by atoms with Gasteiger partial charge in [-0.15, -0.1) is 0 Å². The summed E-state index contributed by atoms with van der Waals surface area (Å²) in [5.74, 6) is 1.02. The number of hydrogen-bond acceptors (Lipinski definition) is 2. The molecule has 1 unspecified atom stereocenters. The molecule has 2 nitrogen and oxygen atoms in total. The molecule has 2 rings (SSSR count). The van der Waals surface area contributed by atoms with E-state index in [2.05, 4.69) is 39.0 Å². The molecule has 1 heterocycles. The van der Waals surface area contributed by atoms with E-state index in [1.807, 2.05) is 0 Å². The zero-order valence-corrected chi connectivity index (χ0v) is 9.71. The maximum Gasteiger partial charge on any atom is 0.128 e. The highest BCUT2D eigenvalue weighted by Gasteiger charge is 2.32. The maximum absolute atomic E-state index is 6.17. The second-order valence-corrected chi connectivity index (χ2v) is 4.86. The van der Waals surface area contributed by atoms with Crippen molar-refractivity contribution in [3.8, 4) is 5.75 Å². The lowest BCUT2D eigenvalue weighted by atomic mass is 9.88. The van der Waals surface area contributed by atoms with Crippen LogP contribution in [-0.2, 0) is 6.42 Å². The van der Waals surface area contributed by atoms with Crippen LogP contribution in [-0.4, -0.2) is 5.60 Å². The van der Waals surface area contributed by atoms with E-state index in [-0.39, 0.29) is 11.6 Å². The lowest BCUT2D eigenvalue weighted by Gasteiger charge is -2.37. The molecule has 1 aromatic rings. The fraction of sp³-hybridized carbons (Fsp3) is 0.538. The SMILES string of the molecule is CCc1cccc2c1OC(C)(C)CC2N. The minimum absolute atomic E-state index is 0.107. The van der Waals surface area contributed by atoms with Crippen molar-refractivity contribution >= 4 is 0 Å². The van der Waals surface area contributed by atoms with Gasteiger partial charge in [0, 0.05) is 18.0 Å². The van der Waals surface area contributed by atoms with Gasteiger partial charge in [0.2, 0.25) is 0 Å². The molecule has 0 aliphatic carbocycles. The number of para-hydroxylation sites is 1. The third kappa shape index (κ3) is 1.86. The molecule has 82 valence electrons. The Labute approximate surface area is 91.4 Å². The van der Waals surface area contributed by atoms with E-state index in [0.29, 0.717) is 0 Å². The zero-order chi connectivity index (χ0) is 11.1. The number of rotatable bonds is 1. The van der Waals surface area contributed by atoms with Crippen molar-refractivity contribution in [2.45, 2.75) is 45.3 Å². The van der Waals surface area contributed by atoms with Crippen LogP contribution in [0.2, 0.25) is 0 Å². The van der Waals surface area contributed by atoms with Gasteiger partial charge in [-0.05, 0) is 25.8 Å². The average Bonchev–Trinajstić information content (AvgIpc) is 2.15. The van der Waals surface area contributed by atoms with Crippen LogP contribution in [0.4, 0.5) is 0 Å². The Morgan fingerprint density at radius 3 is 2.87 bits per heavy atom. The molecule has 1 atom stereocenters. The van der Waals surface area contributed by atoms with Crippen molar-refractivity contribution in [1.29, 1.82) is 0 Å². The first-order valence-corrected chi connectivity index (χ1v) is 5.60. The van der Waals surface area contributed by atoms with Gasteiger partial charge in [-0.25, -0.2) is 0 Å². The second-order valence-electron chi connectivity index (χ2n) is 4.86. The summed E-state index contributed by atoms with van der Waals surface area (Å²) in [7, 11) is 0. The summed E-state index contributed by atoms with van der Waals surface area (Å²) < 4.78 is 6.03. The van der Waals surface area contributed by atoms with E-state index in [4.69, 9.17) is 10.5 Å². The molecule has 0 saturated heterocycles. The van der Waals surface area contributed by atoms with Crippen LogP contribution in [0.3, 0.4) is 0 Å². The molecular formula is C13H19NO. The second kappa shape index (κ2) is 3.53. The Balaban J connectivity index is 2.50. The molecule has 2 N–H and O–H groups in total. The Kier molecular flexibility index (Phi) is 2.47. The lowest BCUT2D eigenvalue weighted by molar-refractivity contribution is 0.0716. The van der Waals surface area contributed by atoms with Crippen molar-refractivity contribution in [1.82, 2.24) is 0 Å². The summed E-state index contributed by atoms with van der Waals surface area (Å²) in [5, 5.41) is 0. The van der Waals surface area contributed by atoms with Gasteiger partial charge in [-0.3, -0.25) is 0 Å². The van der Waals surface area contributed by atoms with E-state index >= 15 is 0 Å². The predicted octanol–water partition coefficient (Wildman–Crippen LogP) is 2.81. The van der Waals surface area contributed by atoms with Gasteiger partial charge in [0.1, 0.15) is 11.4 Å². The van der Waals surface area contributed by atoms with Crippen molar-refractivity contribution < 1.29 is 4.74 Å². The molecule has 0 spiro atoms. The molecule has 0 radical (unpaired) electrons. The molecule has 0 saturated carbocycles. The van der Waals surface area contributed by atoms with Gasteiger partial charge in [-0.1, -0.05) is 25.1 Å². The summed E-state index contributed by atoms with van der Waals surface area (Å²) in [4.78, 5) is 0. The highest BCUT2D eigenvalue weighted by atomic mass is 16.5. The van der Waals surface area contributed by atoms with Crippen LogP contribution in [0, 0.1) is 0 Å². The van der Waals surface area contributed by atoms with Crippen molar-refractivity contribution in [2.24, 2.45) is 5.73 Å². The third-order valence-electron chi connectivity index (χ3n) is 3.00. The number of fused-ring (bicyclic) bond motifs is 1. The van der Waals surface area contributed by atoms with Crippen LogP contribution in [0.25, 0.3) is 0 Å². The molecule has 0 bridgehead atoms. The lowest BCUT2D eigenvalue weighted by Crippen LogP contribution is -2.37. The van der Waals surface area contributed by atoms with Gasteiger partial charge in [0.25, 0.3) is 0 Å². The summed E-state index contributed by atoms with van der Waals surface area (Å²) >= 11 is 0. The predicted molar refractivity (Wildman–Crippen MR) is 62.1 cm³/mol. The Morgan fingerprint density at radius 1 is 1.47 bits per heavy atom. The summed E-state index contributed by atoms with van der Waals surface area (Å²) in [6, 6.07) is 6.37. The first-order valence-electron chi connectivity index (χ1n) is 5.60. The van der Waals surface area contributed by atoms with Crippen molar-refractivity contribution in [2.75, 3.05) is 0 Å². The smallest absolute Gasteiger partial charge is 0.128 e. The number of nitrogens with two attached hydrogens (primary N) is 1. The fourth-order valence-electron chi connectivity index (χ4n) is 2.26.